The number of hydrogen-bond donors (Lipinski definition) is 11. The summed E-state index contributed by atoms with van der Waals surface area (Å²) in [5, 5.41) is 68.2. The highest BCUT2D eigenvalue weighted by molar-refractivity contribution is 5.02. The van der Waals surface area contributed by atoms with E-state index in [4.69, 9.17) is 40.9 Å². The van der Waals surface area contributed by atoms with Crippen LogP contribution in [0, 0.1) is 0 Å². The highest BCUT2D eigenvalue weighted by Gasteiger charge is 2.54. The smallest absolute Gasteiger partial charge is 0.189 e. The number of aliphatic hydroxyl groups is 6. The molecule has 38 heavy (non-hydrogen) atoms. The van der Waals surface area contributed by atoms with Gasteiger partial charge >= 0.3 is 0 Å². The number of aliphatic hydroxyl groups excluding tert-OH is 6. The Kier molecular flexibility index (Phi) is 9.96. The minimum absolute atomic E-state index is 0.167. The van der Waals surface area contributed by atoms with Gasteiger partial charge in [-0.3, -0.25) is 0 Å². The number of likely N-dealkylation sites (N-methyl/N-ethyl adjacent to an activating group) is 2. The van der Waals surface area contributed by atoms with Crippen LogP contribution >= 0.6 is 0 Å². The van der Waals surface area contributed by atoms with E-state index in [0.717, 1.165) is 0 Å². The molecule has 4 aliphatic rings. The summed E-state index contributed by atoms with van der Waals surface area (Å²) < 4.78 is 29.5. The van der Waals surface area contributed by atoms with Crippen molar-refractivity contribution in [3.63, 3.8) is 0 Å². The van der Waals surface area contributed by atoms with Crippen molar-refractivity contribution in [1.29, 1.82) is 0 Å². The largest absolute Gasteiger partial charge is 0.394 e. The lowest BCUT2D eigenvalue weighted by Gasteiger charge is -2.51. The zero-order chi connectivity index (χ0) is 27.9. The first-order valence-corrected chi connectivity index (χ1v) is 12.9. The van der Waals surface area contributed by atoms with Gasteiger partial charge in [0.25, 0.3) is 0 Å². The van der Waals surface area contributed by atoms with E-state index in [1.807, 2.05) is 0 Å². The van der Waals surface area contributed by atoms with E-state index in [0.29, 0.717) is 0 Å². The van der Waals surface area contributed by atoms with Crippen LogP contribution in [-0.2, 0) is 23.7 Å². The monoisotopic (exact) mass is 553 g/mol. The lowest BCUT2D eigenvalue weighted by molar-refractivity contribution is -0.373. The Morgan fingerprint density at radius 2 is 1.37 bits per heavy atom. The number of nitrogens with one attached hydrogen (secondary N) is 2. The summed E-state index contributed by atoms with van der Waals surface area (Å²) in [6.45, 7) is -0.435. The van der Waals surface area contributed by atoms with E-state index in [1.165, 1.54) is 0 Å². The molecule has 3 saturated heterocycles. The van der Waals surface area contributed by atoms with Gasteiger partial charge in [-0.05, 0) is 26.9 Å². The lowest BCUT2D eigenvalue weighted by Crippen LogP contribution is -2.70. The van der Waals surface area contributed by atoms with Gasteiger partial charge in [-0.25, -0.2) is 0 Å². The van der Waals surface area contributed by atoms with E-state index in [2.05, 4.69) is 10.6 Å². The van der Waals surface area contributed by atoms with Crippen LogP contribution in [0.5, 0.6) is 0 Å². The standard InChI is InChI=1S/C22H43N5O11/c1-26-11-10(5-28)35-22(17(33)14(11)30)38-21-12(27-2)15(31)19-9(34-21)4-8(25)20(37-19)36-18-7(24)3-6(23)13(29)16(18)32/h6-22,26-33H,3-5,23-25H2,1-2H3/t6-,7?,8?,9+,10?,11-,12?,13?,14?,15?,16?,17?,18-,19?,20+,21?,22-/m1/s1. The SMILES string of the molecule is CNC1C(O[C@H]2OC(CO)[C@@H](NC)C(O)C2O)O[C@H]2CC(N)[C@@H](O[C@@H]3C(N)C[C@@H](N)C(O)C3O)OC2C1O. The summed E-state index contributed by atoms with van der Waals surface area (Å²) in [5.41, 5.74) is 18.2. The summed E-state index contributed by atoms with van der Waals surface area (Å²) >= 11 is 0. The van der Waals surface area contributed by atoms with Gasteiger partial charge in [-0.2, -0.15) is 0 Å². The molecule has 11 unspecified atom stereocenters. The molecular formula is C22H43N5O11. The first kappa shape index (κ1) is 30.3. The topological polar surface area (TPSA) is 270 Å². The molecule has 3 aliphatic heterocycles. The van der Waals surface area contributed by atoms with Crippen molar-refractivity contribution < 1.29 is 54.3 Å². The molecule has 1 saturated carbocycles. The third-order valence-electron chi connectivity index (χ3n) is 8.02. The van der Waals surface area contributed by atoms with Crippen LogP contribution in [0.2, 0.25) is 0 Å². The summed E-state index contributed by atoms with van der Waals surface area (Å²) in [7, 11) is 3.13. The third kappa shape index (κ3) is 5.73. The molecule has 0 aromatic rings. The molecule has 0 aromatic heterocycles. The Morgan fingerprint density at radius 1 is 0.684 bits per heavy atom. The van der Waals surface area contributed by atoms with Gasteiger partial charge < -0.3 is 82.2 Å². The van der Waals surface area contributed by atoms with Gasteiger partial charge in [0.1, 0.15) is 42.7 Å². The zero-order valence-corrected chi connectivity index (χ0v) is 21.4. The average Bonchev–Trinajstić information content (AvgIpc) is 2.88. The normalized spacial score (nSPS) is 53.9. The zero-order valence-electron chi connectivity index (χ0n) is 21.4. The fraction of sp³-hybridized carbons (Fsp3) is 1.00. The molecule has 0 radical (unpaired) electrons. The molecule has 4 rings (SSSR count). The molecule has 16 heteroatoms. The first-order valence-electron chi connectivity index (χ1n) is 12.9. The second kappa shape index (κ2) is 12.5. The minimum atomic E-state index is -1.47. The number of fused-ring (bicyclic) bond motifs is 1. The van der Waals surface area contributed by atoms with Crippen LogP contribution in [0.1, 0.15) is 12.8 Å². The number of rotatable bonds is 7. The Hall–Kier alpha value is -0.640. The van der Waals surface area contributed by atoms with Gasteiger partial charge in [0, 0.05) is 12.1 Å². The Balaban J connectivity index is 1.43. The summed E-state index contributed by atoms with van der Waals surface area (Å²) in [6, 6.07) is -3.72. The second-order valence-corrected chi connectivity index (χ2v) is 10.5. The molecule has 17 atom stereocenters. The number of hydrogen-bond acceptors (Lipinski definition) is 16. The summed E-state index contributed by atoms with van der Waals surface area (Å²) in [5.74, 6) is 0. The molecule has 14 N–H and O–H groups in total. The van der Waals surface area contributed by atoms with Gasteiger partial charge in [0.2, 0.25) is 0 Å². The first-order chi connectivity index (χ1) is 18.0. The number of nitrogens with two attached hydrogens (primary N) is 3. The highest BCUT2D eigenvalue weighted by atomic mass is 16.8. The predicted octanol–water partition coefficient (Wildman–Crippen LogP) is -6.69. The van der Waals surface area contributed by atoms with Crippen molar-refractivity contribution in [2.24, 2.45) is 17.2 Å². The molecule has 16 nitrogen and oxygen atoms in total. The molecule has 222 valence electrons. The van der Waals surface area contributed by atoms with Crippen LogP contribution in [-0.4, -0.2) is 155 Å². The minimum Gasteiger partial charge on any atom is -0.394 e. The van der Waals surface area contributed by atoms with Crippen LogP contribution in [0.15, 0.2) is 0 Å². The van der Waals surface area contributed by atoms with E-state index < -0.39 is 111 Å². The maximum Gasteiger partial charge on any atom is 0.189 e. The van der Waals surface area contributed by atoms with Crippen molar-refractivity contribution in [2.45, 2.75) is 117 Å². The summed E-state index contributed by atoms with van der Waals surface area (Å²) in [6.07, 6.45) is -13.3. The van der Waals surface area contributed by atoms with Gasteiger partial charge in [0.15, 0.2) is 18.9 Å². The Bertz CT molecular complexity index is 771. The van der Waals surface area contributed by atoms with Crippen molar-refractivity contribution in [2.75, 3.05) is 20.7 Å². The molecule has 0 spiro atoms. The van der Waals surface area contributed by atoms with Crippen LogP contribution in [0.4, 0.5) is 0 Å². The van der Waals surface area contributed by atoms with Crippen molar-refractivity contribution in [3.8, 4) is 0 Å². The van der Waals surface area contributed by atoms with E-state index in [1.54, 1.807) is 14.1 Å². The fourth-order valence-electron chi connectivity index (χ4n) is 5.78. The highest BCUT2D eigenvalue weighted by Crippen LogP contribution is 2.35. The maximum atomic E-state index is 11.2. The van der Waals surface area contributed by atoms with Crippen molar-refractivity contribution in [3.05, 3.63) is 0 Å². The lowest BCUT2D eigenvalue weighted by atomic mass is 9.84. The molecule has 0 bridgehead atoms. The quantitative estimate of drug-likeness (QED) is 0.140. The van der Waals surface area contributed by atoms with E-state index in [9.17, 15) is 30.6 Å². The van der Waals surface area contributed by atoms with Gasteiger partial charge in [-0.1, -0.05) is 0 Å². The van der Waals surface area contributed by atoms with Crippen molar-refractivity contribution in [1.82, 2.24) is 10.6 Å². The fourth-order valence-corrected chi connectivity index (χ4v) is 5.78. The van der Waals surface area contributed by atoms with E-state index >= 15 is 0 Å². The third-order valence-corrected chi connectivity index (χ3v) is 8.02. The summed E-state index contributed by atoms with van der Waals surface area (Å²) in [4.78, 5) is 0. The average molecular weight is 554 g/mol. The van der Waals surface area contributed by atoms with Crippen molar-refractivity contribution >= 4 is 0 Å². The molecule has 3 heterocycles. The Morgan fingerprint density at radius 3 is 2.00 bits per heavy atom. The van der Waals surface area contributed by atoms with Crippen LogP contribution < -0.4 is 27.8 Å². The molecule has 0 amide bonds. The molecule has 1 aliphatic carbocycles. The van der Waals surface area contributed by atoms with Crippen LogP contribution in [0.3, 0.4) is 0 Å². The maximum absolute atomic E-state index is 11.2. The van der Waals surface area contributed by atoms with Gasteiger partial charge in [-0.15, -0.1) is 0 Å². The molecule has 4 fully saturated rings. The van der Waals surface area contributed by atoms with Crippen LogP contribution in [0.25, 0.3) is 0 Å². The Labute approximate surface area is 220 Å². The molecule has 0 aromatic carbocycles. The van der Waals surface area contributed by atoms with E-state index in [-0.39, 0.29) is 12.8 Å². The predicted molar refractivity (Wildman–Crippen MR) is 128 cm³/mol. The van der Waals surface area contributed by atoms with Gasteiger partial charge in [0.05, 0.1) is 36.9 Å². The number of ether oxygens (including phenoxy) is 5. The second-order valence-electron chi connectivity index (χ2n) is 10.5. The molecular weight excluding hydrogens is 510 g/mol.